The highest BCUT2D eigenvalue weighted by molar-refractivity contribution is 5.79. The van der Waals surface area contributed by atoms with Crippen LogP contribution in [0, 0.1) is 17.3 Å². The summed E-state index contributed by atoms with van der Waals surface area (Å²) in [6, 6.07) is 5.07. The number of carbonyl (C=O) groups excluding carboxylic acids is 2. The largest absolute Gasteiger partial charge is 0.495 e. The maximum atomic E-state index is 14.5. The third kappa shape index (κ3) is 14.6. The molecule has 3 rings (SSSR count). The van der Waals surface area contributed by atoms with Crippen molar-refractivity contribution in [3.63, 3.8) is 0 Å². The van der Waals surface area contributed by atoms with Crippen LogP contribution in [-0.4, -0.2) is 58.1 Å². The zero-order valence-electron chi connectivity index (χ0n) is 31.0. The normalized spacial score (nSPS) is 21.8. The average molecular weight is 737 g/mol. The molecule has 0 radical (unpaired) electrons. The molecule has 0 aromatic heterocycles. The van der Waals surface area contributed by atoms with Gasteiger partial charge in [-0.2, -0.15) is 13.2 Å². The maximum Gasteiger partial charge on any atom is 0.416 e. The number of aldehydes is 1. The van der Waals surface area contributed by atoms with Crippen LogP contribution in [0.25, 0.3) is 0 Å². The summed E-state index contributed by atoms with van der Waals surface area (Å²) in [6.45, 7) is 9.61. The molecule has 1 fully saturated rings. The number of benzene rings is 1. The molecule has 0 bridgehead atoms. The number of allylic oxidation sites excluding steroid dienone is 4. The van der Waals surface area contributed by atoms with Crippen LogP contribution in [-0.2, 0) is 26.9 Å². The first kappa shape index (κ1) is 43.0. The molecule has 12 heteroatoms. The molecular weight excluding hydrogens is 679 g/mol. The van der Waals surface area contributed by atoms with E-state index in [9.17, 15) is 31.5 Å². The molecular formula is C40H57F5N4O3. The first-order chi connectivity index (χ1) is 24.7. The van der Waals surface area contributed by atoms with E-state index in [1.54, 1.807) is 6.20 Å². The van der Waals surface area contributed by atoms with Crippen LogP contribution in [0.2, 0.25) is 0 Å². The molecule has 1 aliphatic heterocycles. The molecule has 7 nitrogen and oxygen atoms in total. The van der Waals surface area contributed by atoms with Crippen molar-refractivity contribution in [3.05, 3.63) is 70.3 Å². The van der Waals surface area contributed by atoms with Crippen molar-refractivity contribution in [2.24, 2.45) is 22.2 Å². The van der Waals surface area contributed by atoms with E-state index in [4.69, 9.17) is 4.74 Å². The second-order valence-electron chi connectivity index (χ2n) is 14.8. The summed E-state index contributed by atoms with van der Waals surface area (Å²) in [7, 11) is 1.85. The van der Waals surface area contributed by atoms with Crippen molar-refractivity contribution in [1.29, 1.82) is 0 Å². The first-order valence-electron chi connectivity index (χ1n) is 18.5. The van der Waals surface area contributed by atoms with E-state index in [1.165, 1.54) is 12.1 Å². The number of hydrogen-bond donors (Lipinski definition) is 3. The summed E-state index contributed by atoms with van der Waals surface area (Å²) in [4.78, 5) is 28.3. The van der Waals surface area contributed by atoms with Crippen LogP contribution in [0.15, 0.2) is 64.1 Å². The number of aliphatic imine (C=N–C) groups is 1. The van der Waals surface area contributed by atoms with Crippen LogP contribution in [0.3, 0.4) is 0 Å². The molecule has 290 valence electrons. The highest BCUT2D eigenvalue weighted by Gasteiger charge is 2.38. The molecule has 0 spiro atoms. The Kier molecular flexibility index (Phi) is 17.2. The molecule has 0 saturated heterocycles. The van der Waals surface area contributed by atoms with E-state index >= 15 is 0 Å². The van der Waals surface area contributed by atoms with Gasteiger partial charge >= 0.3 is 6.18 Å². The minimum Gasteiger partial charge on any atom is -0.495 e. The highest BCUT2D eigenvalue weighted by Crippen LogP contribution is 2.44. The second kappa shape index (κ2) is 20.8. The maximum absolute atomic E-state index is 14.5. The smallest absolute Gasteiger partial charge is 0.416 e. The Morgan fingerprint density at radius 3 is 2.42 bits per heavy atom. The van der Waals surface area contributed by atoms with E-state index < -0.39 is 17.7 Å². The number of unbranched alkanes of at least 4 members (excludes halogenated alkanes) is 2. The van der Waals surface area contributed by atoms with Gasteiger partial charge in [-0.05, 0) is 125 Å². The van der Waals surface area contributed by atoms with Crippen molar-refractivity contribution in [1.82, 2.24) is 16.0 Å². The van der Waals surface area contributed by atoms with Gasteiger partial charge in [-0.25, -0.2) is 8.78 Å². The Morgan fingerprint density at radius 2 is 1.79 bits per heavy atom. The minimum absolute atomic E-state index is 0.144. The lowest BCUT2D eigenvalue weighted by Gasteiger charge is -2.35. The standard InChI is InChI=1S/C40H57F5N4O3/c1-38(2)18-8-9-34(30-14-19-39(41,42)20-15-30)35(25-29-10-12-32(13-11-29)40(43,44)45)37(49-36(51)26-38)31(16-21-46-3)17-22-48-28-33(27-47-4)52-24-7-5-6-23-50/h9-13,23,27,30-31,46,48H,4-8,14-22,24-26,28H2,1-3H3,(H,49,51)/b33-27+,34-9+,37-35-. The van der Waals surface area contributed by atoms with Crippen LogP contribution in [0.5, 0.6) is 0 Å². The van der Waals surface area contributed by atoms with Gasteiger partial charge < -0.3 is 25.5 Å². The van der Waals surface area contributed by atoms with Crippen LogP contribution in [0.1, 0.15) is 102 Å². The third-order valence-electron chi connectivity index (χ3n) is 9.95. The molecule has 1 saturated carbocycles. The second-order valence-corrected chi connectivity index (χ2v) is 14.8. The number of nitrogens with zero attached hydrogens (tertiary/aromatic N) is 1. The number of alkyl halides is 5. The van der Waals surface area contributed by atoms with Crippen molar-refractivity contribution in [3.8, 4) is 0 Å². The topological polar surface area (TPSA) is 91.8 Å². The average Bonchev–Trinajstić information content (AvgIpc) is 3.07. The van der Waals surface area contributed by atoms with E-state index in [-0.39, 0.29) is 61.7 Å². The Morgan fingerprint density at radius 1 is 1.10 bits per heavy atom. The summed E-state index contributed by atoms with van der Waals surface area (Å²) in [6.07, 6.45) is 5.24. The van der Waals surface area contributed by atoms with Crippen LogP contribution in [0.4, 0.5) is 22.0 Å². The zero-order chi connectivity index (χ0) is 38.2. The van der Waals surface area contributed by atoms with Gasteiger partial charge in [0, 0.05) is 37.3 Å². The lowest BCUT2D eigenvalue weighted by molar-refractivity contribution is -0.137. The number of halogens is 5. The fourth-order valence-electron chi connectivity index (χ4n) is 7.02. The van der Waals surface area contributed by atoms with Gasteiger partial charge in [0.25, 0.3) is 0 Å². The molecule has 1 aromatic rings. The fraction of sp³-hybridized carbons (Fsp3) is 0.625. The van der Waals surface area contributed by atoms with Gasteiger partial charge in [0.15, 0.2) is 0 Å². The number of ether oxygens (including phenoxy) is 1. The van der Waals surface area contributed by atoms with Crippen LogP contribution < -0.4 is 16.0 Å². The predicted octanol–water partition coefficient (Wildman–Crippen LogP) is 8.71. The lowest BCUT2D eigenvalue weighted by Crippen LogP contribution is -2.36. The summed E-state index contributed by atoms with van der Waals surface area (Å²) in [5.41, 5.74) is 2.01. The molecule has 1 unspecified atom stereocenters. The van der Waals surface area contributed by atoms with Gasteiger partial charge in [-0.15, -0.1) is 0 Å². The number of amides is 1. The zero-order valence-corrected chi connectivity index (χ0v) is 31.0. The Balaban J connectivity index is 2.05. The Labute approximate surface area is 306 Å². The summed E-state index contributed by atoms with van der Waals surface area (Å²) < 4.78 is 75.2. The molecule has 3 N–H and O–H groups in total. The number of hydrogen-bond acceptors (Lipinski definition) is 6. The van der Waals surface area contributed by atoms with E-state index in [1.807, 2.05) is 20.9 Å². The number of nitrogens with one attached hydrogen (secondary N) is 3. The molecule has 1 aliphatic carbocycles. The molecule has 52 heavy (non-hydrogen) atoms. The number of rotatable bonds is 19. The Hall–Kier alpha value is -3.38. The molecule has 1 aromatic carbocycles. The van der Waals surface area contributed by atoms with E-state index in [0.29, 0.717) is 68.9 Å². The van der Waals surface area contributed by atoms with Gasteiger partial charge in [0.2, 0.25) is 11.8 Å². The van der Waals surface area contributed by atoms with Crippen molar-refractivity contribution in [2.45, 2.75) is 109 Å². The van der Waals surface area contributed by atoms with Crippen molar-refractivity contribution < 1.29 is 36.3 Å². The van der Waals surface area contributed by atoms with Gasteiger partial charge in [-0.3, -0.25) is 9.79 Å². The minimum atomic E-state index is -4.48. The SMILES string of the molecule is C=N/C=C(\CNCCC(CCNC)/C1=C(Cc2ccc(C(F)(F)F)cc2)/C(C2CCC(F)(F)CC2)=C/CCC(C)(C)CC(=O)N1)OCCCCC=O. The monoisotopic (exact) mass is 736 g/mol. The first-order valence-corrected chi connectivity index (χ1v) is 18.5. The summed E-state index contributed by atoms with van der Waals surface area (Å²) in [5, 5.41) is 9.92. The number of carbonyl (C=O) groups is 2. The highest BCUT2D eigenvalue weighted by atomic mass is 19.4. The quantitative estimate of drug-likeness (QED) is 0.0435. The van der Waals surface area contributed by atoms with E-state index in [0.717, 1.165) is 48.8 Å². The fourth-order valence-corrected chi connectivity index (χ4v) is 7.02. The lowest BCUT2D eigenvalue weighted by atomic mass is 9.74. The predicted molar refractivity (Wildman–Crippen MR) is 196 cm³/mol. The molecule has 1 heterocycles. The van der Waals surface area contributed by atoms with Gasteiger partial charge in [-0.1, -0.05) is 32.1 Å². The third-order valence-corrected chi connectivity index (χ3v) is 9.95. The molecule has 1 amide bonds. The van der Waals surface area contributed by atoms with Crippen LogP contribution >= 0.6 is 0 Å². The van der Waals surface area contributed by atoms with E-state index in [2.05, 4.69) is 33.7 Å². The summed E-state index contributed by atoms with van der Waals surface area (Å²) >= 11 is 0. The molecule has 1 atom stereocenters. The van der Waals surface area contributed by atoms with Crippen molar-refractivity contribution in [2.75, 3.05) is 33.3 Å². The summed E-state index contributed by atoms with van der Waals surface area (Å²) in [5.74, 6) is -2.64. The molecule has 2 aliphatic rings. The Bertz CT molecular complexity index is 1390. The van der Waals surface area contributed by atoms with Crippen molar-refractivity contribution >= 4 is 18.9 Å². The van der Waals surface area contributed by atoms with Gasteiger partial charge in [0.1, 0.15) is 12.0 Å². The van der Waals surface area contributed by atoms with Gasteiger partial charge in [0.05, 0.1) is 24.9 Å².